The number of carbonyl (C=O) groups excluding carboxylic acids is 1. The van der Waals surface area contributed by atoms with Crippen LogP contribution in [0, 0.1) is 12.8 Å². The van der Waals surface area contributed by atoms with Crippen molar-refractivity contribution in [3.63, 3.8) is 0 Å². The Bertz CT molecular complexity index is 1370. The van der Waals surface area contributed by atoms with Gasteiger partial charge in [0.05, 0.1) is 17.5 Å². The molecule has 3 heterocycles. The summed E-state index contributed by atoms with van der Waals surface area (Å²) in [4.78, 5) is 23.9. The number of nitrogens with one attached hydrogen (secondary N) is 1. The number of likely N-dealkylation sites (tertiary alicyclic amines) is 1. The topological polar surface area (TPSA) is 89.1 Å². The fraction of sp³-hybridized carbons (Fsp3) is 0.333. The lowest BCUT2D eigenvalue weighted by atomic mass is 9.97. The molecule has 8 nitrogen and oxygen atoms in total. The summed E-state index contributed by atoms with van der Waals surface area (Å²) in [5.41, 5.74) is 2.94. The van der Waals surface area contributed by atoms with Gasteiger partial charge in [-0.1, -0.05) is 52.6 Å². The lowest BCUT2D eigenvalue weighted by Gasteiger charge is -2.30. The fourth-order valence-electron chi connectivity index (χ4n) is 4.57. The molecule has 1 atom stereocenters. The second-order valence-corrected chi connectivity index (χ2v) is 10.2. The molecule has 1 amide bonds. The average Bonchev–Trinajstić information content (AvgIpc) is 3.52. The first-order chi connectivity index (χ1) is 17.9. The molecule has 0 radical (unpaired) electrons. The zero-order chi connectivity index (χ0) is 25.8. The Balaban J connectivity index is 1.12. The summed E-state index contributed by atoms with van der Waals surface area (Å²) < 4.78 is 7.56. The Hall–Kier alpha value is -3.20. The Morgan fingerprint density at radius 2 is 1.95 bits per heavy atom. The van der Waals surface area contributed by atoms with Crippen LogP contribution in [0.3, 0.4) is 0 Å². The second kappa shape index (κ2) is 11.5. The third kappa shape index (κ3) is 6.39. The number of aryl methyl sites for hydroxylation is 1. The van der Waals surface area contributed by atoms with Crippen LogP contribution in [0.2, 0.25) is 10.0 Å². The minimum atomic E-state index is -0.0784. The van der Waals surface area contributed by atoms with Crippen LogP contribution in [-0.2, 0) is 24.4 Å². The van der Waals surface area contributed by atoms with Gasteiger partial charge in [-0.3, -0.25) is 9.69 Å². The van der Waals surface area contributed by atoms with Crippen molar-refractivity contribution in [1.29, 1.82) is 0 Å². The van der Waals surface area contributed by atoms with E-state index >= 15 is 0 Å². The maximum absolute atomic E-state index is 12.9. The summed E-state index contributed by atoms with van der Waals surface area (Å²) in [6.45, 7) is 5.29. The predicted molar refractivity (Wildman–Crippen MR) is 142 cm³/mol. The van der Waals surface area contributed by atoms with Gasteiger partial charge in [-0.2, -0.15) is 4.98 Å². The molecule has 1 N–H and O–H groups in total. The zero-order valence-electron chi connectivity index (χ0n) is 20.5. The molecule has 2 aromatic carbocycles. The van der Waals surface area contributed by atoms with Crippen molar-refractivity contribution in [2.24, 2.45) is 5.92 Å². The van der Waals surface area contributed by atoms with Crippen molar-refractivity contribution in [3.05, 3.63) is 87.7 Å². The molecule has 0 aliphatic carbocycles. The molecule has 192 valence electrons. The van der Waals surface area contributed by atoms with Gasteiger partial charge >= 0.3 is 0 Å². The third-order valence-corrected chi connectivity index (χ3v) is 7.19. The van der Waals surface area contributed by atoms with Gasteiger partial charge in [0, 0.05) is 42.6 Å². The van der Waals surface area contributed by atoms with Crippen molar-refractivity contribution < 1.29 is 9.32 Å². The number of imidazole rings is 1. The van der Waals surface area contributed by atoms with E-state index in [0.29, 0.717) is 47.0 Å². The SMILES string of the molecule is Cc1nccn1Cc1ccc(CNC(=O)C2CCCN(Cc3nc(-c4ccc(Cl)cc4Cl)no3)C2)cc1. The summed E-state index contributed by atoms with van der Waals surface area (Å²) >= 11 is 12.2. The van der Waals surface area contributed by atoms with Crippen LogP contribution < -0.4 is 5.32 Å². The molecule has 1 unspecified atom stereocenters. The van der Waals surface area contributed by atoms with E-state index in [2.05, 4.69) is 54.2 Å². The molecule has 1 aliphatic rings. The van der Waals surface area contributed by atoms with E-state index < -0.39 is 0 Å². The highest BCUT2D eigenvalue weighted by molar-refractivity contribution is 6.36. The molecule has 1 saturated heterocycles. The Morgan fingerprint density at radius 3 is 2.70 bits per heavy atom. The maximum atomic E-state index is 12.9. The lowest BCUT2D eigenvalue weighted by Crippen LogP contribution is -2.42. The number of nitrogens with zero attached hydrogens (tertiary/aromatic N) is 5. The number of rotatable bonds is 8. The molecular formula is C27H28Cl2N6O2. The summed E-state index contributed by atoms with van der Waals surface area (Å²) in [5.74, 6) is 1.90. The normalized spacial score (nSPS) is 16.1. The molecule has 5 rings (SSSR count). The van der Waals surface area contributed by atoms with Crippen LogP contribution in [0.5, 0.6) is 0 Å². The monoisotopic (exact) mass is 538 g/mol. The first-order valence-corrected chi connectivity index (χ1v) is 13.0. The van der Waals surface area contributed by atoms with Gasteiger partial charge in [0.1, 0.15) is 5.82 Å². The minimum absolute atomic E-state index is 0.0713. The van der Waals surface area contributed by atoms with E-state index in [0.717, 1.165) is 37.3 Å². The molecular weight excluding hydrogens is 511 g/mol. The van der Waals surface area contributed by atoms with Crippen molar-refractivity contribution >= 4 is 29.1 Å². The van der Waals surface area contributed by atoms with Crippen LogP contribution in [0.4, 0.5) is 0 Å². The molecule has 1 aliphatic heterocycles. The van der Waals surface area contributed by atoms with Crippen LogP contribution in [0.15, 0.2) is 59.4 Å². The van der Waals surface area contributed by atoms with E-state index in [4.69, 9.17) is 27.7 Å². The molecule has 0 saturated carbocycles. The number of halogens is 2. The maximum Gasteiger partial charge on any atom is 0.241 e. The Kier molecular flexibility index (Phi) is 7.88. The van der Waals surface area contributed by atoms with Gasteiger partial charge in [-0.25, -0.2) is 4.98 Å². The molecule has 2 aromatic heterocycles. The van der Waals surface area contributed by atoms with Crippen molar-refractivity contribution in [2.45, 2.75) is 39.4 Å². The first-order valence-electron chi connectivity index (χ1n) is 12.3. The van der Waals surface area contributed by atoms with Gasteiger partial charge in [-0.15, -0.1) is 0 Å². The Morgan fingerprint density at radius 1 is 1.14 bits per heavy atom. The molecule has 0 bridgehead atoms. The van der Waals surface area contributed by atoms with Crippen LogP contribution in [0.25, 0.3) is 11.4 Å². The Labute approximate surface area is 225 Å². The number of amides is 1. The fourth-order valence-corrected chi connectivity index (χ4v) is 5.06. The smallest absolute Gasteiger partial charge is 0.241 e. The van der Waals surface area contributed by atoms with Crippen molar-refractivity contribution in [2.75, 3.05) is 13.1 Å². The molecule has 0 spiro atoms. The third-order valence-electron chi connectivity index (χ3n) is 6.64. The number of piperidine rings is 1. The highest BCUT2D eigenvalue weighted by Gasteiger charge is 2.27. The number of hydrogen-bond acceptors (Lipinski definition) is 6. The number of hydrogen-bond donors (Lipinski definition) is 1. The summed E-state index contributed by atoms with van der Waals surface area (Å²) in [6.07, 6.45) is 5.58. The number of carbonyl (C=O) groups is 1. The largest absolute Gasteiger partial charge is 0.352 e. The van der Waals surface area contributed by atoms with Gasteiger partial charge in [0.15, 0.2) is 0 Å². The molecule has 37 heavy (non-hydrogen) atoms. The van der Waals surface area contributed by atoms with Crippen LogP contribution in [-0.4, -0.2) is 43.6 Å². The van der Waals surface area contributed by atoms with E-state index in [1.54, 1.807) is 18.2 Å². The van der Waals surface area contributed by atoms with Gasteiger partial charge in [0.25, 0.3) is 0 Å². The van der Waals surface area contributed by atoms with Crippen molar-refractivity contribution in [1.82, 2.24) is 29.9 Å². The average molecular weight is 539 g/mol. The number of benzene rings is 2. The molecule has 1 fully saturated rings. The van der Waals surface area contributed by atoms with Crippen LogP contribution >= 0.6 is 23.2 Å². The van der Waals surface area contributed by atoms with E-state index in [1.165, 1.54) is 5.56 Å². The molecule has 10 heteroatoms. The second-order valence-electron chi connectivity index (χ2n) is 9.35. The highest BCUT2D eigenvalue weighted by atomic mass is 35.5. The van der Waals surface area contributed by atoms with E-state index in [-0.39, 0.29) is 11.8 Å². The quantitative estimate of drug-likeness (QED) is 0.334. The van der Waals surface area contributed by atoms with E-state index in [1.807, 2.05) is 19.3 Å². The standard InChI is InChI=1S/C27H28Cl2N6O2/c1-18-30-10-12-35(18)15-20-6-4-19(5-7-20)14-31-27(36)21-3-2-11-34(16-21)17-25-32-26(33-37-25)23-9-8-22(28)13-24(23)29/h4-10,12-13,21H,2-3,11,14-17H2,1H3,(H,31,36). The predicted octanol–water partition coefficient (Wildman–Crippen LogP) is 5.13. The van der Waals surface area contributed by atoms with Gasteiger partial charge in [-0.05, 0) is 55.6 Å². The van der Waals surface area contributed by atoms with E-state index in [9.17, 15) is 4.79 Å². The van der Waals surface area contributed by atoms with Crippen LogP contribution in [0.1, 0.15) is 35.7 Å². The highest BCUT2D eigenvalue weighted by Crippen LogP contribution is 2.28. The summed E-state index contributed by atoms with van der Waals surface area (Å²) in [7, 11) is 0. The molecule has 4 aromatic rings. The van der Waals surface area contributed by atoms with Gasteiger partial charge in [0.2, 0.25) is 17.6 Å². The minimum Gasteiger partial charge on any atom is -0.352 e. The summed E-state index contributed by atoms with van der Waals surface area (Å²) in [5, 5.41) is 8.19. The number of aromatic nitrogens is 4. The summed E-state index contributed by atoms with van der Waals surface area (Å²) in [6, 6.07) is 13.5. The zero-order valence-corrected chi connectivity index (χ0v) is 22.0. The first kappa shape index (κ1) is 25.4. The van der Waals surface area contributed by atoms with Gasteiger partial charge < -0.3 is 14.4 Å². The lowest BCUT2D eigenvalue weighted by molar-refractivity contribution is -0.127. The van der Waals surface area contributed by atoms with Crippen molar-refractivity contribution in [3.8, 4) is 11.4 Å².